The zero-order valence-corrected chi connectivity index (χ0v) is 9.30. The number of alkyl carbamates (subject to hydrolysis) is 1. The fourth-order valence-corrected chi connectivity index (χ4v) is 1.43. The second-order valence-electron chi connectivity index (χ2n) is 4.66. The van der Waals surface area contributed by atoms with Gasteiger partial charge in [-0.3, -0.25) is 4.90 Å². The van der Waals surface area contributed by atoms with E-state index in [-0.39, 0.29) is 6.09 Å². The van der Waals surface area contributed by atoms with E-state index in [1.807, 2.05) is 20.8 Å². The summed E-state index contributed by atoms with van der Waals surface area (Å²) in [6.45, 7) is 8.35. The van der Waals surface area contributed by atoms with Crippen molar-refractivity contribution in [3.63, 3.8) is 0 Å². The van der Waals surface area contributed by atoms with Crippen molar-refractivity contribution in [1.29, 1.82) is 0 Å². The fourth-order valence-electron chi connectivity index (χ4n) is 1.43. The van der Waals surface area contributed by atoms with E-state index in [9.17, 15) is 4.79 Å². The number of carbonyl (C=O) groups is 1. The normalized spacial score (nSPS) is 18.2. The Bertz CT molecular complexity index is 193. The summed E-state index contributed by atoms with van der Waals surface area (Å²) < 4.78 is 5.12. The van der Waals surface area contributed by atoms with Crippen LogP contribution in [0.25, 0.3) is 0 Å². The number of likely N-dealkylation sites (tertiary alicyclic amines) is 1. The third-order valence-electron chi connectivity index (χ3n) is 2.04. The van der Waals surface area contributed by atoms with Gasteiger partial charge in [-0.2, -0.15) is 0 Å². The van der Waals surface area contributed by atoms with Gasteiger partial charge in [0.05, 0.1) is 6.67 Å². The van der Waals surface area contributed by atoms with Gasteiger partial charge in [-0.25, -0.2) is 4.79 Å². The highest BCUT2D eigenvalue weighted by Gasteiger charge is 2.17. The second kappa shape index (κ2) is 4.64. The summed E-state index contributed by atoms with van der Waals surface area (Å²) in [5.74, 6) is 0. The average Bonchev–Trinajstić information content (AvgIpc) is 2.49. The first-order valence-corrected chi connectivity index (χ1v) is 5.16. The zero-order valence-electron chi connectivity index (χ0n) is 9.30. The maximum atomic E-state index is 11.3. The number of amides is 1. The van der Waals surface area contributed by atoms with Gasteiger partial charge < -0.3 is 10.1 Å². The molecule has 4 heteroatoms. The van der Waals surface area contributed by atoms with Gasteiger partial charge >= 0.3 is 6.09 Å². The minimum atomic E-state index is -0.408. The molecule has 1 fully saturated rings. The van der Waals surface area contributed by atoms with Gasteiger partial charge in [0.15, 0.2) is 0 Å². The predicted molar refractivity (Wildman–Crippen MR) is 55.0 cm³/mol. The Balaban J connectivity index is 2.14. The molecule has 0 spiro atoms. The molecule has 14 heavy (non-hydrogen) atoms. The zero-order chi connectivity index (χ0) is 10.6. The van der Waals surface area contributed by atoms with Crippen LogP contribution in [-0.4, -0.2) is 36.4 Å². The molecule has 82 valence electrons. The van der Waals surface area contributed by atoms with Crippen molar-refractivity contribution in [2.24, 2.45) is 0 Å². The SMILES string of the molecule is CC(C)(C)OC(=O)NCN1CCCC1. The van der Waals surface area contributed by atoms with Crippen LogP contribution in [0, 0.1) is 0 Å². The highest BCUT2D eigenvalue weighted by Crippen LogP contribution is 2.07. The fraction of sp³-hybridized carbons (Fsp3) is 0.900. The van der Waals surface area contributed by atoms with Gasteiger partial charge in [0.2, 0.25) is 0 Å². The first kappa shape index (κ1) is 11.3. The van der Waals surface area contributed by atoms with E-state index in [1.165, 1.54) is 12.8 Å². The first-order valence-electron chi connectivity index (χ1n) is 5.16. The number of hydrogen-bond acceptors (Lipinski definition) is 3. The minimum Gasteiger partial charge on any atom is -0.444 e. The summed E-state index contributed by atoms with van der Waals surface area (Å²) in [7, 11) is 0. The van der Waals surface area contributed by atoms with Gasteiger partial charge in [-0.05, 0) is 46.7 Å². The molecule has 4 nitrogen and oxygen atoms in total. The van der Waals surface area contributed by atoms with Crippen molar-refractivity contribution < 1.29 is 9.53 Å². The Morgan fingerprint density at radius 3 is 2.43 bits per heavy atom. The number of nitrogens with zero attached hydrogens (tertiary/aromatic N) is 1. The smallest absolute Gasteiger partial charge is 0.408 e. The molecule has 1 saturated heterocycles. The number of carbonyl (C=O) groups excluding carboxylic acids is 1. The Hall–Kier alpha value is -0.770. The van der Waals surface area contributed by atoms with Crippen LogP contribution in [0.4, 0.5) is 4.79 Å². The number of nitrogens with one attached hydrogen (secondary N) is 1. The molecule has 0 unspecified atom stereocenters. The maximum Gasteiger partial charge on any atom is 0.408 e. The van der Waals surface area contributed by atoms with Crippen molar-refractivity contribution in [2.75, 3.05) is 19.8 Å². The van der Waals surface area contributed by atoms with Crippen LogP contribution < -0.4 is 5.32 Å². The van der Waals surface area contributed by atoms with E-state index < -0.39 is 5.60 Å². The molecule has 0 radical (unpaired) electrons. The van der Waals surface area contributed by atoms with Crippen LogP contribution in [0.2, 0.25) is 0 Å². The molecule has 1 amide bonds. The summed E-state index contributed by atoms with van der Waals surface area (Å²) in [5.41, 5.74) is -0.408. The van der Waals surface area contributed by atoms with Gasteiger partial charge in [-0.15, -0.1) is 0 Å². The van der Waals surface area contributed by atoms with Crippen molar-refractivity contribution >= 4 is 6.09 Å². The highest BCUT2D eigenvalue weighted by molar-refractivity contribution is 5.67. The molecule has 0 aliphatic carbocycles. The van der Waals surface area contributed by atoms with Crippen molar-refractivity contribution in [3.05, 3.63) is 0 Å². The molecular formula is C10H20N2O2. The summed E-state index contributed by atoms with van der Waals surface area (Å²) >= 11 is 0. The standard InChI is InChI=1S/C10H20N2O2/c1-10(2,3)14-9(13)11-8-12-6-4-5-7-12/h4-8H2,1-3H3,(H,11,13). The van der Waals surface area contributed by atoms with E-state index in [0.717, 1.165) is 13.1 Å². The number of rotatable bonds is 2. The molecule has 1 N–H and O–H groups in total. The molecule has 1 aliphatic rings. The summed E-state index contributed by atoms with van der Waals surface area (Å²) in [5, 5.41) is 2.75. The Morgan fingerprint density at radius 1 is 1.36 bits per heavy atom. The lowest BCUT2D eigenvalue weighted by Gasteiger charge is -2.21. The van der Waals surface area contributed by atoms with Crippen LogP contribution >= 0.6 is 0 Å². The molecule has 0 aromatic heterocycles. The largest absolute Gasteiger partial charge is 0.444 e. The van der Waals surface area contributed by atoms with Crippen LogP contribution in [0.15, 0.2) is 0 Å². The Morgan fingerprint density at radius 2 is 1.93 bits per heavy atom. The van der Waals surface area contributed by atoms with E-state index in [0.29, 0.717) is 6.67 Å². The second-order valence-corrected chi connectivity index (χ2v) is 4.66. The predicted octanol–water partition coefficient (Wildman–Crippen LogP) is 1.56. The average molecular weight is 200 g/mol. The van der Waals surface area contributed by atoms with Crippen LogP contribution in [-0.2, 0) is 4.74 Å². The van der Waals surface area contributed by atoms with Crippen LogP contribution in [0.5, 0.6) is 0 Å². The lowest BCUT2D eigenvalue weighted by molar-refractivity contribution is 0.0498. The maximum absolute atomic E-state index is 11.3. The van der Waals surface area contributed by atoms with E-state index in [2.05, 4.69) is 10.2 Å². The highest BCUT2D eigenvalue weighted by atomic mass is 16.6. The molecule has 0 atom stereocenters. The molecule has 1 heterocycles. The Kier molecular flexibility index (Phi) is 3.75. The third-order valence-corrected chi connectivity index (χ3v) is 2.04. The van der Waals surface area contributed by atoms with Crippen molar-refractivity contribution in [1.82, 2.24) is 10.2 Å². The van der Waals surface area contributed by atoms with Gasteiger partial charge in [0, 0.05) is 0 Å². The third kappa shape index (κ3) is 4.46. The molecule has 1 rings (SSSR count). The lowest BCUT2D eigenvalue weighted by Crippen LogP contribution is -2.39. The number of ether oxygens (including phenoxy) is 1. The van der Waals surface area contributed by atoms with Crippen molar-refractivity contribution in [3.8, 4) is 0 Å². The van der Waals surface area contributed by atoms with Gasteiger partial charge in [-0.1, -0.05) is 0 Å². The van der Waals surface area contributed by atoms with Crippen LogP contribution in [0.3, 0.4) is 0 Å². The number of hydrogen-bond donors (Lipinski definition) is 1. The van der Waals surface area contributed by atoms with E-state index >= 15 is 0 Å². The van der Waals surface area contributed by atoms with Gasteiger partial charge in [0.1, 0.15) is 5.60 Å². The van der Waals surface area contributed by atoms with Crippen molar-refractivity contribution in [2.45, 2.75) is 39.2 Å². The minimum absolute atomic E-state index is 0.329. The summed E-state index contributed by atoms with van der Waals surface area (Å²) in [4.78, 5) is 13.5. The first-order chi connectivity index (χ1) is 6.47. The monoisotopic (exact) mass is 200 g/mol. The van der Waals surface area contributed by atoms with Crippen LogP contribution in [0.1, 0.15) is 33.6 Å². The van der Waals surface area contributed by atoms with E-state index in [4.69, 9.17) is 4.74 Å². The molecule has 0 saturated carbocycles. The summed E-state index contributed by atoms with van der Waals surface area (Å²) in [6.07, 6.45) is 2.14. The van der Waals surface area contributed by atoms with E-state index in [1.54, 1.807) is 0 Å². The molecule has 0 bridgehead atoms. The molecule has 0 aromatic rings. The quantitative estimate of drug-likeness (QED) is 0.735. The molecule has 1 aliphatic heterocycles. The lowest BCUT2D eigenvalue weighted by atomic mass is 10.2. The Labute approximate surface area is 85.6 Å². The molecular weight excluding hydrogens is 180 g/mol. The van der Waals surface area contributed by atoms with Gasteiger partial charge in [0.25, 0.3) is 0 Å². The molecule has 0 aromatic carbocycles. The topological polar surface area (TPSA) is 41.6 Å². The summed E-state index contributed by atoms with van der Waals surface area (Å²) in [6, 6.07) is 0.